The Morgan fingerprint density at radius 3 is 3.07 bits per heavy atom. The molecule has 0 amide bonds. The van der Waals surface area contributed by atoms with Crippen molar-refractivity contribution in [1.29, 1.82) is 0 Å². The van der Waals surface area contributed by atoms with Gasteiger partial charge in [-0.1, -0.05) is 0 Å². The van der Waals surface area contributed by atoms with Gasteiger partial charge in [0.1, 0.15) is 0 Å². The summed E-state index contributed by atoms with van der Waals surface area (Å²) < 4.78 is 6.93. The molecule has 4 heteroatoms. The zero-order chi connectivity index (χ0) is 10.7. The van der Waals surface area contributed by atoms with Crippen LogP contribution in [0, 0.1) is 0 Å². The topological polar surface area (TPSA) is 43.0 Å². The highest BCUT2D eigenvalue weighted by Crippen LogP contribution is 2.18. The number of anilines is 1. The van der Waals surface area contributed by atoms with Crippen molar-refractivity contribution in [2.45, 2.75) is 26.4 Å². The maximum absolute atomic E-state index is 5.04. The molecule has 0 spiro atoms. The van der Waals surface area contributed by atoms with Gasteiger partial charge < -0.3 is 9.73 Å². The lowest BCUT2D eigenvalue weighted by Crippen LogP contribution is -2.04. The van der Waals surface area contributed by atoms with Crippen LogP contribution >= 0.6 is 0 Å². The Morgan fingerprint density at radius 2 is 2.47 bits per heavy atom. The van der Waals surface area contributed by atoms with Crippen LogP contribution in [0.4, 0.5) is 5.69 Å². The van der Waals surface area contributed by atoms with E-state index < -0.39 is 0 Å². The summed E-state index contributed by atoms with van der Waals surface area (Å²) in [6, 6.07) is 2.19. The Labute approximate surface area is 88.9 Å². The molecule has 0 aliphatic heterocycles. The Morgan fingerprint density at radius 1 is 1.60 bits per heavy atom. The molecular formula is C11H15N3O. The first-order valence-electron chi connectivity index (χ1n) is 5.10. The van der Waals surface area contributed by atoms with Crippen molar-refractivity contribution in [3.05, 3.63) is 36.5 Å². The first kappa shape index (κ1) is 9.83. The second-order valence-corrected chi connectivity index (χ2v) is 3.51. The minimum Gasteiger partial charge on any atom is -0.472 e. The Hall–Kier alpha value is -1.71. The molecule has 4 nitrogen and oxygen atoms in total. The predicted molar refractivity (Wildman–Crippen MR) is 58.6 cm³/mol. The van der Waals surface area contributed by atoms with Crippen LogP contribution in [0.1, 0.15) is 25.5 Å². The third kappa shape index (κ3) is 2.21. The van der Waals surface area contributed by atoms with Gasteiger partial charge >= 0.3 is 0 Å². The van der Waals surface area contributed by atoms with E-state index in [2.05, 4.69) is 24.3 Å². The normalized spacial score (nSPS) is 12.7. The highest BCUT2D eigenvalue weighted by Gasteiger charge is 2.07. The zero-order valence-electron chi connectivity index (χ0n) is 8.97. The van der Waals surface area contributed by atoms with Gasteiger partial charge in [0.15, 0.2) is 0 Å². The van der Waals surface area contributed by atoms with Crippen molar-refractivity contribution in [1.82, 2.24) is 9.78 Å². The molecule has 0 saturated heterocycles. The van der Waals surface area contributed by atoms with Gasteiger partial charge in [0.25, 0.3) is 0 Å². The molecule has 2 aromatic heterocycles. The molecule has 2 heterocycles. The molecule has 0 radical (unpaired) electrons. The highest BCUT2D eigenvalue weighted by molar-refractivity contribution is 5.40. The van der Waals surface area contributed by atoms with E-state index in [1.165, 1.54) is 0 Å². The quantitative estimate of drug-likeness (QED) is 0.834. The average Bonchev–Trinajstić information content (AvgIpc) is 2.87. The second kappa shape index (κ2) is 4.21. The number of nitrogens with one attached hydrogen (secondary N) is 1. The van der Waals surface area contributed by atoms with Crippen LogP contribution in [-0.2, 0) is 6.54 Å². The molecule has 2 aromatic rings. The first-order valence-corrected chi connectivity index (χ1v) is 5.10. The second-order valence-electron chi connectivity index (χ2n) is 3.51. The van der Waals surface area contributed by atoms with Crippen molar-refractivity contribution in [3.63, 3.8) is 0 Å². The summed E-state index contributed by atoms with van der Waals surface area (Å²) in [6.45, 7) is 5.05. The monoisotopic (exact) mass is 205 g/mol. The molecule has 0 saturated carbocycles. The third-order valence-electron chi connectivity index (χ3n) is 2.38. The Bertz CT molecular complexity index is 405. The molecule has 0 aliphatic carbocycles. The van der Waals surface area contributed by atoms with E-state index in [1.54, 1.807) is 12.5 Å². The first-order chi connectivity index (χ1) is 7.29. The molecule has 0 fully saturated rings. The number of nitrogens with zero attached hydrogens (tertiary/aromatic N) is 2. The van der Waals surface area contributed by atoms with Crippen LogP contribution in [0.2, 0.25) is 0 Å². The molecule has 0 aromatic carbocycles. The van der Waals surface area contributed by atoms with Gasteiger partial charge in [-0.25, -0.2) is 0 Å². The van der Waals surface area contributed by atoms with Gasteiger partial charge in [0, 0.05) is 18.3 Å². The van der Waals surface area contributed by atoms with Crippen LogP contribution < -0.4 is 5.32 Å². The van der Waals surface area contributed by atoms with Crippen molar-refractivity contribution in [2.24, 2.45) is 0 Å². The summed E-state index contributed by atoms with van der Waals surface area (Å²) in [4.78, 5) is 0. The zero-order valence-corrected chi connectivity index (χ0v) is 8.97. The van der Waals surface area contributed by atoms with E-state index in [1.807, 2.05) is 23.1 Å². The maximum Gasteiger partial charge on any atom is 0.0955 e. The number of furan rings is 1. The molecular weight excluding hydrogens is 190 g/mol. The summed E-state index contributed by atoms with van der Waals surface area (Å²) in [5.74, 6) is 0. The molecule has 1 N–H and O–H groups in total. The van der Waals surface area contributed by atoms with Crippen LogP contribution in [-0.4, -0.2) is 9.78 Å². The van der Waals surface area contributed by atoms with Crippen LogP contribution in [0.5, 0.6) is 0 Å². The summed E-state index contributed by atoms with van der Waals surface area (Å²) in [5.41, 5.74) is 2.17. The van der Waals surface area contributed by atoms with Gasteiger partial charge in [0.05, 0.1) is 30.5 Å². The Kier molecular flexibility index (Phi) is 2.76. The van der Waals surface area contributed by atoms with E-state index in [-0.39, 0.29) is 6.04 Å². The number of hydrogen-bond acceptors (Lipinski definition) is 3. The van der Waals surface area contributed by atoms with Crippen molar-refractivity contribution < 1.29 is 4.42 Å². The standard InChI is InChI=1S/C11H15N3O/c1-3-14-7-11(6-12-14)13-9(2)10-4-5-15-8-10/h4-9,13H,3H2,1-2H3. The molecule has 2 rings (SSSR count). The Balaban J connectivity index is 2.02. The van der Waals surface area contributed by atoms with E-state index in [0.717, 1.165) is 17.8 Å². The smallest absolute Gasteiger partial charge is 0.0955 e. The molecule has 80 valence electrons. The summed E-state index contributed by atoms with van der Waals surface area (Å²) in [7, 11) is 0. The molecule has 1 atom stereocenters. The van der Waals surface area contributed by atoms with Gasteiger partial charge in [-0.15, -0.1) is 0 Å². The van der Waals surface area contributed by atoms with Crippen LogP contribution in [0.3, 0.4) is 0 Å². The fraction of sp³-hybridized carbons (Fsp3) is 0.364. The van der Waals surface area contributed by atoms with Gasteiger partial charge in [0.2, 0.25) is 0 Å². The van der Waals surface area contributed by atoms with Crippen molar-refractivity contribution >= 4 is 5.69 Å². The maximum atomic E-state index is 5.04. The lowest BCUT2D eigenvalue weighted by Gasteiger charge is -2.10. The summed E-state index contributed by atoms with van der Waals surface area (Å²) >= 11 is 0. The lowest BCUT2D eigenvalue weighted by atomic mass is 10.2. The van der Waals surface area contributed by atoms with Gasteiger partial charge in [-0.05, 0) is 19.9 Å². The summed E-state index contributed by atoms with van der Waals surface area (Å²) in [5, 5.41) is 7.56. The van der Waals surface area contributed by atoms with Crippen LogP contribution in [0.15, 0.2) is 35.4 Å². The van der Waals surface area contributed by atoms with Gasteiger partial charge in [-0.2, -0.15) is 5.10 Å². The van der Waals surface area contributed by atoms with E-state index in [0.29, 0.717) is 0 Å². The molecule has 0 bridgehead atoms. The van der Waals surface area contributed by atoms with Gasteiger partial charge in [-0.3, -0.25) is 4.68 Å². The largest absolute Gasteiger partial charge is 0.472 e. The predicted octanol–water partition coefficient (Wildman–Crippen LogP) is 2.67. The van der Waals surface area contributed by atoms with Crippen LogP contribution in [0.25, 0.3) is 0 Å². The number of rotatable bonds is 4. The van der Waals surface area contributed by atoms with E-state index in [9.17, 15) is 0 Å². The SMILES string of the molecule is CCn1cc(NC(C)c2ccoc2)cn1. The molecule has 1 unspecified atom stereocenters. The lowest BCUT2D eigenvalue weighted by molar-refractivity contribution is 0.562. The average molecular weight is 205 g/mol. The minimum absolute atomic E-state index is 0.234. The third-order valence-corrected chi connectivity index (χ3v) is 2.38. The minimum atomic E-state index is 0.234. The molecule has 0 aliphatic rings. The fourth-order valence-electron chi connectivity index (χ4n) is 1.47. The van der Waals surface area contributed by atoms with E-state index in [4.69, 9.17) is 4.42 Å². The van der Waals surface area contributed by atoms with E-state index >= 15 is 0 Å². The number of hydrogen-bond donors (Lipinski definition) is 1. The number of aryl methyl sites for hydroxylation is 1. The van der Waals surface area contributed by atoms with Crippen molar-refractivity contribution in [2.75, 3.05) is 5.32 Å². The fourth-order valence-corrected chi connectivity index (χ4v) is 1.47. The number of aromatic nitrogens is 2. The van der Waals surface area contributed by atoms with Crippen molar-refractivity contribution in [3.8, 4) is 0 Å². The highest BCUT2D eigenvalue weighted by atomic mass is 16.3. The molecule has 15 heavy (non-hydrogen) atoms. The summed E-state index contributed by atoms with van der Waals surface area (Å²) in [6.07, 6.45) is 7.27.